The van der Waals surface area contributed by atoms with Gasteiger partial charge in [0.1, 0.15) is 0 Å². The van der Waals surface area contributed by atoms with E-state index in [1.54, 1.807) is 0 Å². The van der Waals surface area contributed by atoms with Crippen LogP contribution in [0.5, 0.6) is 0 Å². The minimum Gasteiger partial charge on any atom is -0.311 e. The summed E-state index contributed by atoms with van der Waals surface area (Å²) in [7, 11) is 0. The van der Waals surface area contributed by atoms with Gasteiger partial charge in [0, 0.05) is 18.0 Å². The molecule has 2 rings (SSSR count). The van der Waals surface area contributed by atoms with Gasteiger partial charge in [0.05, 0.1) is 0 Å². The summed E-state index contributed by atoms with van der Waals surface area (Å²) in [5.41, 5.74) is 1.50. The fourth-order valence-electron chi connectivity index (χ4n) is 2.57. The highest BCUT2D eigenvalue weighted by Gasteiger charge is 2.30. The monoisotopic (exact) mass is 189 g/mol. The minimum absolute atomic E-state index is 0.671. The van der Waals surface area contributed by atoms with Crippen molar-refractivity contribution in [2.75, 3.05) is 0 Å². The molecule has 1 fully saturated rings. The standard InChI is InChI=1S/C13H19N/c1-3-13-12(9-10(2)14-13)11-7-5-4-6-8-11/h4-8,10,12-14H,3,9H2,1-2H3. The molecule has 3 unspecified atom stereocenters. The highest BCUT2D eigenvalue weighted by molar-refractivity contribution is 5.23. The van der Waals surface area contributed by atoms with Crippen molar-refractivity contribution >= 4 is 0 Å². The topological polar surface area (TPSA) is 12.0 Å². The van der Waals surface area contributed by atoms with Crippen LogP contribution in [0, 0.1) is 0 Å². The zero-order valence-electron chi connectivity index (χ0n) is 9.03. The van der Waals surface area contributed by atoms with Crippen LogP contribution in [0.3, 0.4) is 0 Å². The van der Waals surface area contributed by atoms with Crippen LogP contribution in [0.15, 0.2) is 30.3 Å². The average molecular weight is 189 g/mol. The van der Waals surface area contributed by atoms with Crippen LogP contribution in [-0.4, -0.2) is 12.1 Å². The average Bonchev–Trinajstić information content (AvgIpc) is 2.61. The lowest BCUT2D eigenvalue weighted by Gasteiger charge is -2.17. The van der Waals surface area contributed by atoms with Gasteiger partial charge in [-0.3, -0.25) is 0 Å². The summed E-state index contributed by atoms with van der Waals surface area (Å²) in [5, 5.41) is 3.65. The molecule has 1 N–H and O–H groups in total. The molecular formula is C13H19N. The van der Waals surface area contributed by atoms with E-state index >= 15 is 0 Å². The molecule has 1 aromatic carbocycles. The second kappa shape index (κ2) is 4.14. The fourth-order valence-corrected chi connectivity index (χ4v) is 2.57. The van der Waals surface area contributed by atoms with Crippen molar-refractivity contribution in [1.82, 2.24) is 5.32 Å². The van der Waals surface area contributed by atoms with Crippen LogP contribution < -0.4 is 5.32 Å². The van der Waals surface area contributed by atoms with Gasteiger partial charge in [-0.2, -0.15) is 0 Å². The predicted octanol–water partition coefficient (Wildman–Crippen LogP) is 2.93. The van der Waals surface area contributed by atoms with Crippen LogP contribution in [0.2, 0.25) is 0 Å². The Hall–Kier alpha value is -0.820. The molecule has 1 nitrogen and oxygen atoms in total. The summed E-state index contributed by atoms with van der Waals surface area (Å²) in [6.07, 6.45) is 2.51. The van der Waals surface area contributed by atoms with E-state index in [1.165, 1.54) is 18.4 Å². The zero-order valence-corrected chi connectivity index (χ0v) is 9.03. The van der Waals surface area contributed by atoms with Gasteiger partial charge < -0.3 is 5.32 Å². The largest absolute Gasteiger partial charge is 0.311 e. The summed E-state index contributed by atoms with van der Waals surface area (Å²) >= 11 is 0. The molecule has 1 aliphatic rings. The van der Waals surface area contributed by atoms with E-state index in [1.807, 2.05) is 0 Å². The molecule has 1 heteroatoms. The van der Waals surface area contributed by atoms with E-state index in [0.717, 1.165) is 5.92 Å². The van der Waals surface area contributed by atoms with E-state index in [2.05, 4.69) is 49.5 Å². The van der Waals surface area contributed by atoms with Crippen molar-refractivity contribution < 1.29 is 0 Å². The van der Waals surface area contributed by atoms with Crippen molar-refractivity contribution in [3.8, 4) is 0 Å². The van der Waals surface area contributed by atoms with Gasteiger partial charge in [-0.05, 0) is 25.3 Å². The maximum Gasteiger partial charge on any atom is 0.0136 e. The summed E-state index contributed by atoms with van der Waals surface area (Å²) in [6, 6.07) is 12.2. The normalized spacial score (nSPS) is 32.0. The van der Waals surface area contributed by atoms with Crippen molar-refractivity contribution in [3.63, 3.8) is 0 Å². The molecule has 14 heavy (non-hydrogen) atoms. The van der Waals surface area contributed by atoms with Crippen molar-refractivity contribution in [3.05, 3.63) is 35.9 Å². The Balaban J connectivity index is 2.18. The third-order valence-electron chi connectivity index (χ3n) is 3.26. The molecule has 1 heterocycles. The highest BCUT2D eigenvalue weighted by atomic mass is 15.0. The lowest BCUT2D eigenvalue weighted by Crippen LogP contribution is -2.28. The van der Waals surface area contributed by atoms with Crippen molar-refractivity contribution in [2.45, 2.75) is 44.7 Å². The predicted molar refractivity (Wildman–Crippen MR) is 60.5 cm³/mol. The quantitative estimate of drug-likeness (QED) is 0.754. The van der Waals surface area contributed by atoms with Gasteiger partial charge >= 0.3 is 0 Å². The Morgan fingerprint density at radius 3 is 2.64 bits per heavy atom. The molecule has 0 amide bonds. The van der Waals surface area contributed by atoms with Gasteiger partial charge in [0.2, 0.25) is 0 Å². The third-order valence-corrected chi connectivity index (χ3v) is 3.26. The van der Waals surface area contributed by atoms with Gasteiger partial charge in [-0.1, -0.05) is 37.3 Å². The Kier molecular flexibility index (Phi) is 2.87. The Bertz CT molecular complexity index is 281. The van der Waals surface area contributed by atoms with Crippen LogP contribution in [-0.2, 0) is 0 Å². The Morgan fingerprint density at radius 2 is 2.00 bits per heavy atom. The van der Waals surface area contributed by atoms with E-state index in [0.29, 0.717) is 12.1 Å². The van der Waals surface area contributed by atoms with E-state index in [-0.39, 0.29) is 0 Å². The fraction of sp³-hybridized carbons (Fsp3) is 0.538. The van der Waals surface area contributed by atoms with Crippen molar-refractivity contribution in [1.29, 1.82) is 0 Å². The third kappa shape index (κ3) is 1.83. The van der Waals surface area contributed by atoms with Gasteiger partial charge in [-0.15, -0.1) is 0 Å². The first kappa shape index (κ1) is 9.72. The molecule has 0 spiro atoms. The summed E-state index contributed by atoms with van der Waals surface area (Å²) in [5.74, 6) is 0.719. The SMILES string of the molecule is CCC1NC(C)CC1c1ccccc1. The first-order valence-electron chi connectivity index (χ1n) is 5.62. The molecule has 0 aromatic heterocycles. The summed E-state index contributed by atoms with van der Waals surface area (Å²) < 4.78 is 0. The van der Waals surface area contributed by atoms with Gasteiger partial charge in [-0.25, -0.2) is 0 Å². The number of hydrogen-bond donors (Lipinski definition) is 1. The molecule has 1 aromatic rings. The number of hydrogen-bond acceptors (Lipinski definition) is 1. The molecule has 1 saturated heterocycles. The van der Waals surface area contributed by atoms with E-state index < -0.39 is 0 Å². The van der Waals surface area contributed by atoms with Crippen LogP contribution in [0.4, 0.5) is 0 Å². The minimum atomic E-state index is 0.671. The first-order valence-corrected chi connectivity index (χ1v) is 5.62. The first-order chi connectivity index (χ1) is 6.81. The van der Waals surface area contributed by atoms with Crippen molar-refractivity contribution in [2.24, 2.45) is 0 Å². The Morgan fingerprint density at radius 1 is 1.29 bits per heavy atom. The summed E-state index contributed by atoms with van der Waals surface area (Å²) in [6.45, 7) is 4.55. The maximum absolute atomic E-state index is 3.65. The van der Waals surface area contributed by atoms with Crippen LogP contribution >= 0.6 is 0 Å². The molecule has 1 aliphatic heterocycles. The van der Waals surface area contributed by atoms with E-state index in [9.17, 15) is 0 Å². The number of benzene rings is 1. The smallest absolute Gasteiger partial charge is 0.0136 e. The highest BCUT2D eigenvalue weighted by Crippen LogP contribution is 2.31. The maximum atomic E-state index is 3.65. The molecule has 0 bridgehead atoms. The second-order valence-corrected chi connectivity index (χ2v) is 4.34. The number of rotatable bonds is 2. The van der Waals surface area contributed by atoms with Gasteiger partial charge in [0.15, 0.2) is 0 Å². The molecule has 0 radical (unpaired) electrons. The molecule has 3 atom stereocenters. The zero-order chi connectivity index (χ0) is 9.97. The van der Waals surface area contributed by atoms with Crippen LogP contribution in [0.25, 0.3) is 0 Å². The molecule has 0 aliphatic carbocycles. The lowest BCUT2D eigenvalue weighted by molar-refractivity contribution is 0.517. The summed E-state index contributed by atoms with van der Waals surface area (Å²) in [4.78, 5) is 0. The van der Waals surface area contributed by atoms with Crippen LogP contribution in [0.1, 0.15) is 38.2 Å². The molecule has 0 saturated carbocycles. The molecule has 76 valence electrons. The van der Waals surface area contributed by atoms with E-state index in [4.69, 9.17) is 0 Å². The lowest BCUT2D eigenvalue weighted by atomic mass is 9.90. The Labute approximate surface area is 86.5 Å². The number of nitrogens with one attached hydrogen (secondary N) is 1. The second-order valence-electron chi connectivity index (χ2n) is 4.34. The molecular weight excluding hydrogens is 170 g/mol. The van der Waals surface area contributed by atoms with Gasteiger partial charge in [0.25, 0.3) is 0 Å².